The molecule has 0 aliphatic carbocycles. The van der Waals surface area contributed by atoms with Gasteiger partial charge in [0.15, 0.2) is 0 Å². The predicted octanol–water partition coefficient (Wildman–Crippen LogP) is 7.10. The van der Waals surface area contributed by atoms with Gasteiger partial charge in [0.1, 0.15) is 23.1 Å². The van der Waals surface area contributed by atoms with Crippen molar-refractivity contribution in [3.8, 4) is 45.4 Å². The van der Waals surface area contributed by atoms with E-state index in [2.05, 4.69) is 96.5 Å². The molecular weight excluding hydrogens is 548 g/mol. The van der Waals surface area contributed by atoms with Crippen LogP contribution in [-0.2, 0) is 0 Å². The molecule has 8 nitrogen and oxygen atoms in total. The lowest BCUT2D eigenvalue weighted by molar-refractivity contribution is 0.282. The van der Waals surface area contributed by atoms with E-state index in [4.69, 9.17) is 19.4 Å². The van der Waals surface area contributed by atoms with Gasteiger partial charge in [-0.25, -0.2) is 9.97 Å². The molecule has 0 saturated carbocycles. The quantitative estimate of drug-likeness (QED) is 0.140. The number of imidazole rings is 2. The lowest BCUT2D eigenvalue weighted by atomic mass is 10.0. The third kappa shape index (κ3) is 7.10. The summed E-state index contributed by atoms with van der Waals surface area (Å²) in [7, 11) is 8.30. The summed E-state index contributed by atoms with van der Waals surface area (Å²) in [4.78, 5) is 20.8. The normalized spacial score (nSPS) is 11.7. The number of fused-ring (bicyclic) bond motifs is 2. The maximum atomic E-state index is 5.94. The zero-order chi connectivity index (χ0) is 30.5. The highest BCUT2D eigenvalue weighted by atomic mass is 16.5. The van der Waals surface area contributed by atoms with Gasteiger partial charge in [0.25, 0.3) is 0 Å². The average Bonchev–Trinajstić information content (AvgIpc) is 3.65. The summed E-state index contributed by atoms with van der Waals surface area (Å²) in [5.74, 6) is 3.41. The second kappa shape index (κ2) is 13.3. The van der Waals surface area contributed by atoms with E-state index in [1.165, 1.54) is 0 Å². The molecule has 0 aliphatic heterocycles. The molecule has 6 aromatic rings. The van der Waals surface area contributed by atoms with E-state index < -0.39 is 0 Å². The second-order valence-corrected chi connectivity index (χ2v) is 11.7. The minimum Gasteiger partial charge on any atom is -0.493 e. The fourth-order valence-corrected chi connectivity index (χ4v) is 5.21. The molecule has 2 aromatic heterocycles. The van der Waals surface area contributed by atoms with Gasteiger partial charge in [0.2, 0.25) is 0 Å². The molecular formula is C36H40N6O2. The number of aromatic nitrogens is 4. The Labute approximate surface area is 258 Å². The van der Waals surface area contributed by atoms with Crippen LogP contribution in [0.25, 0.3) is 56.0 Å². The van der Waals surface area contributed by atoms with E-state index >= 15 is 0 Å². The summed E-state index contributed by atoms with van der Waals surface area (Å²) in [6, 6.07) is 29.0. The molecule has 6 rings (SSSR count). The van der Waals surface area contributed by atoms with Crippen LogP contribution in [0.1, 0.15) is 12.8 Å². The van der Waals surface area contributed by atoms with Gasteiger partial charge in [-0.15, -0.1) is 0 Å². The number of aromatic amines is 2. The monoisotopic (exact) mass is 588 g/mol. The molecule has 0 fully saturated rings. The third-order valence-corrected chi connectivity index (χ3v) is 7.59. The molecule has 2 heterocycles. The number of rotatable bonds is 13. The second-order valence-electron chi connectivity index (χ2n) is 11.7. The zero-order valence-electron chi connectivity index (χ0n) is 25.9. The first-order valence-electron chi connectivity index (χ1n) is 15.2. The number of ether oxygens (including phenoxy) is 2. The number of nitrogens with zero attached hydrogens (tertiary/aromatic N) is 4. The Morgan fingerprint density at radius 3 is 1.30 bits per heavy atom. The zero-order valence-corrected chi connectivity index (χ0v) is 25.9. The standard InChI is InChI=1S/C36H40N6O2/c1-41(2)19-5-21-43-29-15-17-31-33(23-29)39-35(37-31)27-11-7-25(8-12-27)26-9-13-28(14-10-26)36-38-32-18-16-30(24-34(32)40-36)44-22-6-20-42(3)4/h7-18,23-24H,5-6,19-22H2,1-4H3,(H,37,39)(H,38,40). The molecule has 0 unspecified atom stereocenters. The highest BCUT2D eigenvalue weighted by Crippen LogP contribution is 2.29. The molecule has 226 valence electrons. The van der Waals surface area contributed by atoms with Crippen molar-refractivity contribution < 1.29 is 9.47 Å². The van der Waals surface area contributed by atoms with Gasteiger partial charge in [0, 0.05) is 36.3 Å². The molecule has 44 heavy (non-hydrogen) atoms. The predicted molar refractivity (Wildman–Crippen MR) is 179 cm³/mol. The van der Waals surface area contributed by atoms with Gasteiger partial charge in [-0.3, -0.25) is 0 Å². The van der Waals surface area contributed by atoms with Gasteiger partial charge < -0.3 is 29.2 Å². The SMILES string of the molecule is CN(C)CCCOc1ccc2nc(-c3ccc(-c4ccc(-c5nc6ccc(OCCCN(C)C)cc6[nH]5)cc4)cc3)[nH]c2c1. The van der Waals surface area contributed by atoms with Crippen LogP contribution in [0, 0.1) is 0 Å². The van der Waals surface area contributed by atoms with Crippen molar-refractivity contribution in [3.05, 3.63) is 84.9 Å². The van der Waals surface area contributed by atoms with Crippen LogP contribution in [-0.4, -0.2) is 84.2 Å². The van der Waals surface area contributed by atoms with Crippen LogP contribution in [0.4, 0.5) is 0 Å². The van der Waals surface area contributed by atoms with Crippen LogP contribution in [0.5, 0.6) is 11.5 Å². The Hall–Kier alpha value is -4.66. The van der Waals surface area contributed by atoms with Gasteiger partial charge in [-0.2, -0.15) is 0 Å². The summed E-state index contributed by atoms with van der Waals surface area (Å²) in [6.45, 7) is 3.40. The molecule has 0 saturated heterocycles. The van der Waals surface area contributed by atoms with E-state index in [-0.39, 0.29) is 0 Å². The Morgan fingerprint density at radius 2 is 0.909 bits per heavy atom. The van der Waals surface area contributed by atoms with E-state index in [1.54, 1.807) is 0 Å². The van der Waals surface area contributed by atoms with Gasteiger partial charge in [0.05, 0.1) is 35.3 Å². The van der Waals surface area contributed by atoms with Crippen LogP contribution < -0.4 is 9.47 Å². The Bertz CT molecular complexity index is 1680. The highest BCUT2D eigenvalue weighted by Gasteiger charge is 2.10. The maximum absolute atomic E-state index is 5.94. The summed E-state index contributed by atoms with van der Waals surface area (Å²) >= 11 is 0. The smallest absolute Gasteiger partial charge is 0.138 e. The molecule has 0 radical (unpaired) electrons. The minimum absolute atomic E-state index is 0.694. The highest BCUT2D eigenvalue weighted by molar-refractivity contribution is 5.82. The van der Waals surface area contributed by atoms with Crippen LogP contribution in [0.2, 0.25) is 0 Å². The number of hydrogen-bond acceptors (Lipinski definition) is 6. The first-order valence-corrected chi connectivity index (χ1v) is 15.2. The van der Waals surface area contributed by atoms with Crippen molar-refractivity contribution in [3.63, 3.8) is 0 Å². The Morgan fingerprint density at radius 1 is 0.523 bits per heavy atom. The van der Waals surface area contributed by atoms with Gasteiger partial charge >= 0.3 is 0 Å². The molecule has 0 bridgehead atoms. The topological polar surface area (TPSA) is 82.3 Å². The summed E-state index contributed by atoms with van der Waals surface area (Å²) < 4.78 is 11.9. The molecule has 0 atom stereocenters. The molecule has 2 N–H and O–H groups in total. The van der Waals surface area contributed by atoms with Gasteiger partial charge in [-0.05, 0) is 76.4 Å². The first kappa shape index (κ1) is 29.4. The lowest BCUT2D eigenvalue weighted by Gasteiger charge is -2.10. The number of H-pyrrole nitrogens is 2. The first-order chi connectivity index (χ1) is 21.4. The van der Waals surface area contributed by atoms with Crippen molar-refractivity contribution in [2.45, 2.75) is 12.8 Å². The lowest BCUT2D eigenvalue weighted by Crippen LogP contribution is -2.15. The fourth-order valence-electron chi connectivity index (χ4n) is 5.21. The Kier molecular flexibility index (Phi) is 8.91. The largest absolute Gasteiger partial charge is 0.493 e. The van der Waals surface area contributed by atoms with Gasteiger partial charge in [-0.1, -0.05) is 48.5 Å². The van der Waals surface area contributed by atoms with Crippen LogP contribution in [0.15, 0.2) is 84.9 Å². The molecule has 0 spiro atoms. The molecule has 8 heteroatoms. The number of hydrogen-bond donors (Lipinski definition) is 2. The van der Waals surface area contributed by atoms with E-state index in [9.17, 15) is 0 Å². The van der Waals surface area contributed by atoms with Crippen molar-refractivity contribution >= 4 is 22.1 Å². The van der Waals surface area contributed by atoms with Crippen LogP contribution >= 0.6 is 0 Å². The van der Waals surface area contributed by atoms with E-state index in [1.807, 2.05) is 36.4 Å². The molecule has 0 amide bonds. The van der Waals surface area contributed by atoms with Crippen molar-refractivity contribution in [2.24, 2.45) is 0 Å². The fraction of sp³-hybridized carbons (Fsp3) is 0.278. The minimum atomic E-state index is 0.694. The Balaban J connectivity index is 1.10. The summed E-state index contributed by atoms with van der Waals surface area (Å²) in [6.07, 6.45) is 1.98. The number of benzene rings is 4. The molecule has 4 aromatic carbocycles. The van der Waals surface area contributed by atoms with Crippen LogP contribution in [0.3, 0.4) is 0 Å². The van der Waals surface area contributed by atoms with Crippen molar-refractivity contribution in [2.75, 3.05) is 54.5 Å². The maximum Gasteiger partial charge on any atom is 0.138 e. The van der Waals surface area contributed by atoms with E-state index in [0.717, 1.165) is 93.4 Å². The summed E-state index contributed by atoms with van der Waals surface area (Å²) in [5.41, 5.74) is 8.16. The number of nitrogens with one attached hydrogen (secondary N) is 2. The summed E-state index contributed by atoms with van der Waals surface area (Å²) in [5, 5.41) is 0. The van der Waals surface area contributed by atoms with Crippen molar-refractivity contribution in [1.29, 1.82) is 0 Å². The third-order valence-electron chi connectivity index (χ3n) is 7.59. The van der Waals surface area contributed by atoms with E-state index in [0.29, 0.717) is 13.2 Å². The molecule has 0 aliphatic rings. The van der Waals surface area contributed by atoms with Crippen molar-refractivity contribution in [1.82, 2.24) is 29.7 Å². The average molecular weight is 589 g/mol.